The number of unbranched alkanes of at least 4 members (excludes halogenated alkanes) is 18. The van der Waals surface area contributed by atoms with Crippen LogP contribution in [0.5, 0.6) is 0 Å². The Labute approximate surface area is 206 Å². The Morgan fingerprint density at radius 2 is 0.625 bits per heavy atom. The van der Waals surface area contributed by atoms with Gasteiger partial charge in [-0.05, 0) is 24.6 Å². The molecule has 194 valence electrons. The minimum atomic E-state index is -1.54. The topological polar surface area (TPSA) is 9.23 Å². The van der Waals surface area contributed by atoms with Gasteiger partial charge in [-0.2, -0.15) is 0 Å². The zero-order valence-corrected chi connectivity index (χ0v) is 24.3. The fourth-order valence-corrected chi connectivity index (χ4v) is 9.53. The summed E-state index contributed by atoms with van der Waals surface area (Å²) >= 11 is 0. The Balaban J connectivity index is 4.39. The molecule has 32 heavy (non-hydrogen) atoms. The molecule has 0 unspecified atom stereocenters. The van der Waals surface area contributed by atoms with E-state index in [1.807, 2.05) is 0 Å². The third kappa shape index (κ3) is 20.8. The molecule has 0 aromatic heterocycles. The van der Waals surface area contributed by atoms with Crippen LogP contribution in [0.1, 0.15) is 169 Å². The smallest absolute Gasteiger partial charge is 0.192 e. The predicted octanol–water partition coefficient (Wildman–Crippen LogP) is 11.6. The Hall–Kier alpha value is 0.177. The van der Waals surface area contributed by atoms with Crippen molar-refractivity contribution in [1.29, 1.82) is 0 Å². The van der Waals surface area contributed by atoms with Crippen molar-refractivity contribution in [2.24, 2.45) is 0 Å². The highest BCUT2D eigenvalue weighted by molar-refractivity contribution is 6.73. The number of rotatable bonds is 27. The third-order valence-corrected chi connectivity index (χ3v) is 12.0. The second-order valence-corrected chi connectivity index (χ2v) is 14.8. The van der Waals surface area contributed by atoms with Gasteiger partial charge in [0.1, 0.15) is 0 Å². The van der Waals surface area contributed by atoms with Crippen molar-refractivity contribution < 1.29 is 4.43 Å². The van der Waals surface area contributed by atoms with E-state index in [-0.39, 0.29) is 0 Å². The van der Waals surface area contributed by atoms with E-state index in [4.69, 9.17) is 4.43 Å². The normalized spacial score (nSPS) is 12.0. The molecule has 0 rings (SSSR count). The van der Waals surface area contributed by atoms with Gasteiger partial charge < -0.3 is 4.43 Å². The van der Waals surface area contributed by atoms with Gasteiger partial charge in [0.25, 0.3) is 0 Å². The van der Waals surface area contributed by atoms with E-state index in [0.717, 1.165) is 6.61 Å². The van der Waals surface area contributed by atoms with E-state index >= 15 is 0 Å². The molecule has 0 spiro atoms. The average molecular weight is 469 g/mol. The van der Waals surface area contributed by atoms with Gasteiger partial charge in [-0.3, -0.25) is 0 Å². The van der Waals surface area contributed by atoms with Crippen molar-refractivity contribution in [1.82, 2.24) is 0 Å². The standard InChI is InChI=1S/C30H64OSi/c1-5-9-13-17-18-19-20-21-22-23-27-31-32(28-24-14-10-6-2,29-25-15-11-7-3)30-26-16-12-8-4/h5-30H2,1-4H3. The summed E-state index contributed by atoms with van der Waals surface area (Å²) in [5.74, 6) is 0. The fraction of sp³-hybridized carbons (Fsp3) is 1.00. The second kappa shape index (κ2) is 25.8. The Kier molecular flexibility index (Phi) is 25.9. The van der Waals surface area contributed by atoms with Crippen LogP contribution < -0.4 is 0 Å². The van der Waals surface area contributed by atoms with E-state index in [1.165, 1.54) is 159 Å². The maximum Gasteiger partial charge on any atom is 0.192 e. The first-order chi connectivity index (χ1) is 15.7. The summed E-state index contributed by atoms with van der Waals surface area (Å²) in [5, 5.41) is 0. The number of hydrogen-bond donors (Lipinski definition) is 0. The van der Waals surface area contributed by atoms with Crippen molar-refractivity contribution in [2.45, 2.75) is 187 Å². The minimum absolute atomic E-state index is 1.07. The molecule has 0 atom stereocenters. The van der Waals surface area contributed by atoms with Gasteiger partial charge in [0.05, 0.1) is 0 Å². The molecule has 0 saturated carbocycles. The van der Waals surface area contributed by atoms with E-state index in [9.17, 15) is 0 Å². The Morgan fingerprint density at radius 1 is 0.344 bits per heavy atom. The molecule has 0 aromatic rings. The van der Waals surface area contributed by atoms with Crippen LogP contribution >= 0.6 is 0 Å². The van der Waals surface area contributed by atoms with Crippen molar-refractivity contribution >= 4 is 8.32 Å². The lowest BCUT2D eigenvalue weighted by Gasteiger charge is -2.32. The highest BCUT2D eigenvalue weighted by Gasteiger charge is 2.33. The molecule has 0 saturated heterocycles. The summed E-state index contributed by atoms with van der Waals surface area (Å²) in [6.45, 7) is 10.4. The average Bonchev–Trinajstić information content (AvgIpc) is 2.81. The second-order valence-electron chi connectivity index (χ2n) is 10.6. The molecule has 0 heterocycles. The first-order valence-corrected chi connectivity index (χ1v) is 17.9. The van der Waals surface area contributed by atoms with Crippen LogP contribution in [0.4, 0.5) is 0 Å². The predicted molar refractivity (Wildman–Crippen MR) is 150 cm³/mol. The largest absolute Gasteiger partial charge is 0.417 e. The minimum Gasteiger partial charge on any atom is -0.417 e. The van der Waals surface area contributed by atoms with Crippen LogP contribution in [-0.4, -0.2) is 14.9 Å². The summed E-state index contributed by atoms with van der Waals surface area (Å²) in [4.78, 5) is 0. The zero-order valence-electron chi connectivity index (χ0n) is 23.3. The van der Waals surface area contributed by atoms with Gasteiger partial charge in [0.2, 0.25) is 0 Å². The molecule has 0 aromatic carbocycles. The van der Waals surface area contributed by atoms with Gasteiger partial charge in [0.15, 0.2) is 8.32 Å². The molecule has 0 aliphatic rings. The lowest BCUT2D eigenvalue weighted by atomic mass is 10.1. The molecular weight excluding hydrogens is 404 g/mol. The van der Waals surface area contributed by atoms with Crippen LogP contribution in [0.2, 0.25) is 18.1 Å². The summed E-state index contributed by atoms with van der Waals surface area (Å²) in [7, 11) is -1.54. The quantitative estimate of drug-likeness (QED) is 0.0859. The van der Waals surface area contributed by atoms with Gasteiger partial charge in [-0.1, -0.05) is 163 Å². The summed E-state index contributed by atoms with van der Waals surface area (Å²) in [5.41, 5.74) is 0. The van der Waals surface area contributed by atoms with Gasteiger partial charge >= 0.3 is 0 Å². The lowest BCUT2D eigenvalue weighted by molar-refractivity contribution is 0.281. The molecule has 0 bridgehead atoms. The molecule has 0 radical (unpaired) electrons. The van der Waals surface area contributed by atoms with Crippen LogP contribution in [0.15, 0.2) is 0 Å². The van der Waals surface area contributed by atoms with E-state index < -0.39 is 8.32 Å². The van der Waals surface area contributed by atoms with E-state index in [2.05, 4.69) is 27.7 Å². The molecule has 0 fully saturated rings. The highest BCUT2D eigenvalue weighted by atomic mass is 28.4. The van der Waals surface area contributed by atoms with E-state index in [1.54, 1.807) is 0 Å². The molecule has 0 aliphatic carbocycles. The molecule has 2 heteroatoms. The van der Waals surface area contributed by atoms with Crippen LogP contribution in [0, 0.1) is 0 Å². The fourth-order valence-electron chi connectivity index (χ4n) is 5.09. The van der Waals surface area contributed by atoms with Crippen molar-refractivity contribution in [3.8, 4) is 0 Å². The monoisotopic (exact) mass is 468 g/mol. The molecular formula is C30H64OSi. The van der Waals surface area contributed by atoms with Crippen LogP contribution in [-0.2, 0) is 4.43 Å². The maximum atomic E-state index is 6.98. The maximum absolute atomic E-state index is 6.98. The Morgan fingerprint density at radius 3 is 0.969 bits per heavy atom. The molecule has 0 N–H and O–H groups in total. The summed E-state index contributed by atoms with van der Waals surface area (Å²) in [6, 6.07) is 4.34. The lowest BCUT2D eigenvalue weighted by Crippen LogP contribution is -2.38. The van der Waals surface area contributed by atoms with Crippen LogP contribution in [0.25, 0.3) is 0 Å². The molecule has 1 nitrogen and oxygen atoms in total. The molecule has 0 amide bonds. The third-order valence-electron chi connectivity index (χ3n) is 7.36. The van der Waals surface area contributed by atoms with Crippen molar-refractivity contribution in [3.63, 3.8) is 0 Å². The zero-order chi connectivity index (χ0) is 23.6. The number of hydrogen-bond acceptors (Lipinski definition) is 1. The first-order valence-electron chi connectivity index (χ1n) is 15.4. The SMILES string of the molecule is CCCCCCCCCCCCO[Si](CCCCCC)(CCCCCC)CCCCCC. The van der Waals surface area contributed by atoms with Crippen molar-refractivity contribution in [2.75, 3.05) is 6.61 Å². The van der Waals surface area contributed by atoms with Gasteiger partial charge in [-0.15, -0.1) is 0 Å². The van der Waals surface area contributed by atoms with Gasteiger partial charge in [0, 0.05) is 6.61 Å². The van der Waals surface area contributed by atoms with Gasteiger partial charge in [-0.25, -0.2) is 0 Å². The van der Waals surface area contributed by atoms with Crippen molar-refractivity contribution in [3.05, 3.63) is 0 Å². The highest BCUT2D eigenvalue weighted by Crippen LogP contribution is 2.31. The first kappa shape index (κ1) is 32.2. The van der Waals surface area contributed by atoms with Crippen LogP contribution in [0.3, 0.4) is 0 Å². The molecule has 0 aliphatic heterocycles. The Bertz CT molecular complexity index is 312. The van der Waals surface area contributed by atoms with E-state index in [0.29, 0.717) is 0 Å². The summed E-state index contributed by atoms with van der Waals surface area (Å²) < 4.78 is 6.98. The summed E-state index contributed by atoms with van der Waals surface area (Å²) in [6.07, 6.45) is 31.0.